The summed E-state index contributed by atoms with van der Waals surface area (Å²) in [6, 6.07) is 21.9. The van der Waals surface area contributed by atoms with Crippen molar-refractivity contribution in [2.45, 2.75) is 26.7 Å². The molecule has 0 amide bonds. The van der Waals surface area contributed by atoms with Gasteiger partial charge in [-0.2, -0.15) is 0 Å². The van der Waals surface area contributed by atoms with Crippen molar-refractivity contribution in [2.75, 3.05) is 52.7 Å². The molecule has 0 radical (unpaired) electrons. The van der Waals surface area contributed by atoms with E-state index in [-0.39, 0.29) is 0 Å². The second-order valence-electron chi connectivity index (χ2n) is 9.19. The van der Waals surface area contributed by atoms with Crippen LogP contribution in [0.4, 0.5) is 11.6 Å². The summed E-state index contributed by atoms with van der Waals surface area (Å²) in [5.41, 5.74) is 4.29. The van der Waals surface area contributed by atoms with Crippen LogP contribution in [0.3, 0.4) is 0 Å². The van der Waals surface area contributed by atoms with E-state index in [4.69, 9.17) is 14.2 Å². The van der Waals surface area contributed by atoms with Gasteiger partial charge in [-0.15, -0.1) is 0 Å². The summed E-state index contributed by atoms with van der Waals surface area (Å²) in [7, 11) is 0. The van der Waals surface area contributed by atoms with Crippen LogP contribution in [0.25, 0.3) is 0 Å². The van der Waals surface area contributed by atoms with E-state index < -0.39 is 0 Å². The highest BCUT2D eigenvalue weighted by atomic mass is 16.5. The fourth-order valence-corrected chi connectivity index (χ4v) is 3.51. The zero-order valence-electron chi connectivity index (χ0n) is 24.2. The first-order valence-electron chi connectivity index (χ1n) is 14.1. The topological polar surface area (TPSA) is 90.0 Å². The average molecular weight is 556 g/mol. The van der Waals surface area contributed by atoms with E-state index >= 15 is 0 Å². The molecule has 0 aliphatic rings. The molecule has 0 aliphatic heterocycles. The molecule has 3 rings (SSSR count). The highest BCUT2D eigenvalue weighted by molar-refractivity contribution is 5.85. The molecule has 0 atom stereocenters. The van der Waals surface area contributed by atoms with Gasteiger partial charge < -0.3 is 14.2 Å². The van der Waals surface area contributed by atoms with Crippen molar-refractivity contribution in [1.29, 1.82) is 0 Å². The fourth-order valence-electron chi connectivity index (χ4n) is 3.51. The summed E-state index contributed by atoms with van der Waals surface area (Å²) in [4.78, 5) is 22.1. The van der Waals surface area contributed by atoms with Gasteiger partial charge in [-0.05, 0) is 61.7 Å². The van der Waals surface area contributed by atoms with Crippen molar-refractivity contribution in [3.63, 3.8) is 0 Å². The van der Waals surface area contributed by atoms with Crippen LogP contribution in [0.2, 0.25) is 0 Å². The lowest BCUT2D eigenvalue weighted by molar-refractivity contribution is 0.0143. The molecule has 0 N–H and O–H groups in total. The van der Waals surface area contributed by atoms with Gasteiger partial charge in [-0.1, -0.05) is 60.2 Å². The predicted octanol–water partition coefficient (Wildman–Crippen LogP) is 6.23. The number of hydrogen-bond acceptors (Lipinski definition) is 8. The molecule has 41 heavy (non-hydrogen) atoms. The summed E-state index contributed by atoms with van der Waals surface area (Å²) in [6.07, 6.45) is 9.12. The zero-order valence-corrected chi connectivity index (χ0v) is 24.2. The number of nitrogens with zero attached hydrogens (tertiary/aromatic N) is 5. The molecular formula is C33H41N5O3. The number of ether oxygens (including phenoxy) is 3. The molecule has 3 aromatic rings. The van der Waals surface area contributed by atoms with Gasteiger partial charge in [-0.3, -0.25) is 9.98 Å². The quantitative estimate of drug-likeness (QED) is 0.130. The van der Waals surface area contributed by atoms with Gasteiger partial charge in [0.1, 0.15) is 0 Å². The summed E-state index contributed by atoms with van der Waals surface area (Å²) >= 11 is 0. The standard InChI is InChI=1S/C33H41N5O3/c1-3-34-17-5-19-39-21-23-41-24-22-40-20-6-18-35-25-29-13-15-31(16-14-29)27-37-33-8-4-7-32(38-33)36-26-30-11-9-28(2)10-12-30/h3-4,7-16,25-27H,5-6,17-24H2,1-2H3/b34-3?,35-25?,36-26+,37-27+. The Labute approximate surface area is 244 Å². The highest BCUT2D eigenvalue weighted by Crippen LogP contribution is 2.15. The summed E-state index contributed by atoms with van der Waals surface area (Å²) in [5.74, 6) is 1.23. The predicted molar refractivity (Wildman–Crippen MR) is 170 cm³/mol. The van der Waals surface area contributed by atoms with Crippen molar-refractivity contribution in [2.24, 2.45) is 20.0 Å². The van der Waals surface area contributed by atoms with Crippen LogP contribution >= 0.6 is 0 Å². The molecule has 8 heteroatoms. The van der Waals surface area contributed by atoms with Crippen molar-refractivity contribution in [1.82, 2.24) is 4.98 Å². The van der Waals surface area contributed by atoms with Gasteiger partial charge in [0.05, 0.1) is 26.4 Å². The van der Waals surface area contributed by atoms with E-state index in [0.29, 0.717) is 51.2 Å². The number of rotatable bonds is 19. The normalized spacial score (nSPS) is 12.0. The molecule has 0 spiro atoms. The van der Waals surface area contributed by atoms with E-state index in [1.54, 1.807) is 6.21 Å². The lowest BCUT2D eigenvalue weighted by Gasteiger charge is -2.06. The maximum Gasteiger partial charge on any atom is 0.154 e. The summed E-state index contributed by atoms with van der Waals surface area (Å²) in [6.45, 7) is 9.25. The van der Waals surface area contributed by atoms with Gasteiger partial charge in [-0.25, -0.2) is 15.0 Å². The van der Waals surface area contributed by atoms with Crippen molar-refractivity contribution >= 4 is 36.5 Å². The van der Waals surface area contributed by atoms with Crippen molar-refractivity contribution in [3.05, 3.63) is 89.0 Å². The third kappa shape index (κ3) is 14.4. The van der Waals surface area contributed by atoms with E-state index in [1.807, 2.05) is 80.2 Å². The molecule has 0 saturated heterocycles. The Morgan fingerprint density at radius 2 is 1.05 bits per heavy atom. The van der Waals surface area contributed by atoms with Gasteiger partial charge in [0.15, 0.2) is 11.6 Å². The van der Waals surface area contributed by atoms with Gasteiger partial charge >= 0.3 is 0 Å². The van der Waals surface area contributed by atoms with Crippen LogP contribution in [-0.2, 0) is 14.2 Å². The van der Waals surface area contributed by atoms with E-state index in [2.05, 4.69) is 44.0 Å². The molecular weight excluding hydrogens is 514 g/mol. The highest BCUT2D eigenvalue weighted by Gasteiger charge is 1.96. The lowest BCUT2D eigenvalue weighted by Crippen LogP contribution is -2.10. The molecule has 1 aromatic heterocycles. The Balaban J connectivity index is 1.27. The maximum absolute atomic E-state index is 5.60. The molecule has 0 bridgehead atoms. The van der Waals surface area contributed by atoms with Gasteiger partial charge in [0, 0.05) is 44.9 Å². The third-order valence-electron chi connectivity index (χ3n) is 5.74. The van der Waals surface area contributed by atoms with E-state index in [9.17, 15) is 0 Å². The molecule has 0 aliphatic carbocycles. The number of aliphatic imine (C=N–C) groups is 4. The first-order chi connectivity index (χ1) is 20.2. The Hall–Kier alpha value is -3.85. The zero-order chi connectivity index (χ0) is 28.8. The molecule has 0 saturated carbocycles. The monoisotopic (exact) mass is 555 g/mol. The summed E-state index contributed by atoms with van der Waals surface area (Å²) < 4.78 is 16.6. The van der Waals surface area contributed by atoms with Crippen LogP contribution in [0.5, 0.6) is 0 Å². The average Bonchev–Trinajstić information content (AvgIpc) is 3.00. The minimum absolute atomic E-state index is 0.575. The molecule has 0 unspecified atom stereocenters. The second-order valence-corrected chi connectivity index (χ2v) is 9.19. The molecule has 216 valence electrons. The second kappa shape index (κ2) is 20.1. The summed E-state index contributed by atoms with van der Waals surface area (Å²) in [5, 5.41) is 0. The van der Waals surface area contributed by atoms with Crippen LogP contribution in [0.15, 0.2) is 86.7 Å². The maximum atomic E-state index is 5.60. The fraction of sp³-hybridized carbons (Fsp3) is 0.364. The molecule has 8 nitrogen and oxygen atoms in total. The molecule has 0 fully saturated rings. The minimum Gasteiger partial charge on any atom is -0.379 e. The largest absolute Gasteiger partial charge is 0.379 e. The SMILES string of the molecule is CC=NCCCOCCOCCOCCCN=Cc1ccc(/C=N/c2cccc(/N=C/c3ccc(C)cc3)n2)cc1. The number of pyridine rings is 1. The Morgan fingerprint density at radius 3 is 1.59 bits per heavy atom. The smallest absolute Gasteiger partial charge is 0.154 e. The lowest BCUT2D eigenvalue weighted by atomic mass is 10.1. The van der Waals surface area contributed by atoms with Crippen molar-refractivity contribution < 1.29 is 14.2 Å². The first kappa shape index (κ1) is 31.7. The van der Waals surface area contributed by atoms with E-state index in [1.165, 1.54) is 5.56 Å². The van der Waals surface area contributed by atoms with Gasteiger partial charge in [0.2, 0.25) is 0 Å². The Bertz CT molecular complexity index is 1240. The number of hydrogen-bond donors (Lipinski definition) is 0. The first-order valence-corrected chi connectivity index (χ1v) is 14.1. The molecule has 2 aromatic carbocycles. The van der Waals surface area contributed by atoms with Crippen LogP contribution in [-0.4, -0.2) is 82.6 Å². The number of aromatic nitrogens is 1. The Kier molecular flexibility index (Phi) is 15.5. The van der Waals surface area contributed by atoms with Gasteiger partial charge in [0.25, 0.3) is 0 Å². The number of aryl methyl sites for hydroxylation is 1. The number of benzene rings is 2. The van der Waals surface area contributed by atoms with Crippen LogP contribution in [0, 0.1) is 6.92 Å². The third-order valence-corrected chi connectivity index (χ3v) is 5.74. The van der Waals surface area contributed by atoms with Crippen molar-refractivity contribution in [3.8, 4) is 0 Å². The minimum atomic E-state index is 0.575. The van der Waals surface area contributed by atoms with Crippen LogP contribution < -0.4 is 0 Å². The molecule has 1 heterocycles. The van der Waals surface area contributed by atoms with Crippen LogP contribution in [0.1, 0.15) is 42.0 Å². The Morgan fingerprint density at radius 1 is 0.585 bits per heavy atom. The van der Waals surface area contributed by atoms with E-state index in [0.717, 1.165) is 42.7 Å².